The summed E-state index contributed by atoms with van der Waals surface area (Å²) in [7, 11) is 0. The number of aliphatic hydroxyl groups excluding tert-OH is 1. The molecule has 0 heterocycles. The summed E-state index contributed by atoms with van der Waals surface area (Å²) in [6.45, 7) is 12.3. The lowest BCUT2D eigenvalue weighted by Crippen LogP contribution is -2.27. The van der Waals surface area contributed by atoms with Gasteiger partial charge >= 0.3 is 0 Å². The van der Waals surface area contributed by atoms with Crippen molar-refractivity contribution in [3.05, 3.63) is 12.2 Å². The Kier molecular flexibility index (Phi) is 6.90. The van der Waals surface area contributed by atoms with Crippen LogP contribution in [0.25, 0.3) is 0 Å². The summed E-state index contributed by atoms with van der Waals surface area (Å²) in [5.41, 5.74) is 1.32. The fourth-order valence-electron chi connectivity index (χ4n) is 1.96. The van der Waals surface area contributed by atoms with E-state index >= 15 is 0 Å². The molecular weight excluding hydrogens is 172 g/mol. The normalized spacial score (nSPS) is 31.6. The number of hydrogen-bond donors (Lipinski definition) is 1. The van der Waals surface area contributed by atoms with Gasteiger partial charge in [-0.25, -0.2) is 0 Å². The third-order valence-electron chi connectivity index (χ3n) is 3.18. The summed E-state index contributed by atoms with van der Waals surface area (Å²) in [6, 6.07) is 0. The highest BCUT2D eigenvalue weighted by Gasteiger charge is 2.26. The molecule has 0 radical (unpaired) electrons. The van der Waals surface area contributed by atoms with Gasteiger partial charge in [-0.1, -0.05) is 39.8 Å². The first-order valence-electron chi connectivity index (χ1n) is 6.00. The van der Waals surface area contributed by atoms with E-state index in [1.165, 1.54) is 12.0 Å². The van der Waals surface area contributed by atoms with E-state index < -0.39 is 0 Å². The highest BCUT2D eigenvalue weighted by molar-refractivity contribution is 5.02. The molecule has 0 spiro atoms. The highest BCUT2D eigenvalue weighted by Crippen LogP contribution is 2.33. The molecule has 0 aromatic heterocycles. The van der Waals surface area contributed by atoms with Crippen LogP contribution in [-0.4, -0.2) is 11.2 Å². The zero-order valence-electron chi connectivity index (χ0n) is 10.2. The smallest absolute Gasteiger partial charge is 0.0571 e. The van der Waals surface area contributed by atoms with Crippen LogP contribution in [0.15, 0.2) is 12.2 Å². The topological polar surface area (TPSA) is 20.2 Å². The summed E-state index contributed by atoms with van der Waals surface area (Å²) in [5.74, 6) is 1.08. The molecular formula is C13H26O. The van der Waals surface area contributed by atoms with Crippen molar-refractivity contribution in [2.75, 3.05) is 0 Å². The molecule has 1 N–H and O–H groups in total. The molecule has 0 aromatic carbocycles. The third-order valence-corrected chi connectivity index (χ3v) is 3.18. The third kappa shape index (κ3) is 3.83. The van der Waals surface area contributed by atoms with Crippen LogP contribution in [0.3, 0.4) is 0 Å². The highest BCUT2D eigenvalue weighted by atomic mass is 16.3. The summed E-state index contributed by atoms with van der Waals surface area (Å²) in [6.07, 6.45) is 4.29. The predicted octanol–water partition coefficient (Wildman–Crippen LogP) is 3.78. The Hall–Kier alpha value is -0.300. The minimum absolute atomic E-state index is 0.0907. The van der Waals surface area contributed by atoms with Gasteiger partial charge in [-0.3, -0.25) is 0 Å². The van der Waals surface area contributed by atoms with Crippen LogP contribution in [0, 0.1) is 11.8 Å². The molecule has 1 aliphatic carbocycles. The zero-order valence-corrected chi connectivity index (χ0v) is 10.2. The van der Waals surface area contributed by atoms with Crippen LogP contribution in [0.2, 0.25) is 0 Å². The van der Waals surface area contributed by atoms with E-state index in [1.54, 1.807) is 0 Å². The van der Waals surface area contributed by atoms with Crippen LogP contribution >= 0.6 is 0 Å². The maximum Gasteiger partial charge on any atom is 0.0571 e. The minimum atomic E-state index is -0.0907. The van der Waals surface area contributed by atoms with Crippen LogP contribution in [0.5, 0.6) is 0 Å². The fraction of sp³-hybridized carbons (Fsp3) is 0.846. The van der Waals surface area contributed by atoms with Crippen molar-refractivity contribution >= 4 is 0 Å². The first kappa shape index (κ1) is 13.7. The predicted molar refractivity (Wildman–Crippen MR) is 63.3 cm³/mol. The number of aliphatic hydroxyl groups is 1. The van der Waals surface area contributed by atoms with Gasteiger partial charge in [0, 0.05) is 0 Å². The maximum atomic E-state index is 9.65. The Morgan fingerprint density at radius 3 is 2.36 bits per heavy atom. The van der Waals surface area contributed by atoms with Crippen LogP contribution in [0.1, 0.15) is 53.4 Å². The SMILES string of the molecule is C=C(CC)C1CCC(C)C(O)C1.CC. The Balaban J connectivity index is 0.000000791. The Morgan fingerprint density at radius 1 is 1.36 bits per heavy atom. The Bertz CT molecular complexity index is 163. The summed E-state index contributed by atoms with van der Waals surface area (Å²) < 4.78 is 0. The summed E-state index contributed by atoms with van der Waals surface area (Å²) in [5, 5.41) is 9.65. The van der Waals surface area contributed by atoms with Crippen molar-refractivity contribution in [2.45, 2.75) is 59.5 Å². The summed E-state index contributed by atoms with van der Waals surface area (Å²) >= 11 is 0. The lowest BCUT2D eigenvalue weighted by molar-refractivity contribution is 0.0609. The monoisotopic (exact) mass is 198 g/mol. The zero-order chi connectivity index (χ0) is 11.1. The number of allylic oxidation sites excluding steroid dienone is 1. The molecule has 1 rings (SSSR count). The van der Waals surface area contributed by atoms with Crippen LogP contribution in [-0.2, 0) is 0 Å². The molecule has 1 saturated carbocycles. The van der Waals surface area contributed by atoms with Gasteiger partial charge in [0.1, 0.15) is 0 Å². The van der Waals surface area contributed by atoms with Gasteiger partial charge in [-0.2, -0.15) is 0 Å². The lowest BCUT2D eigenvalue weighted by atomic mass is 9.77. The van der Waals surface area contributed by atoms with Gasteiger partial charge in [0.15, 0.2) is 0 Å². The molecule has 0 aliphatic heterocycles. The van der Waals surface area contributed by atoms with Crippen molar-refractivity contribution in [3.8, 4) is 0 Å². The van der Waals surface area contributed by atoms with Gasteiger partial charge in [0.25, 0.3) is 0 Å². The van der Waals surface area contributed by atoms with Gasteiger partial charge in [-0.15, -0.1) is 0 Å². The van der Waals surface area contributed by atoms with Crippen LogP contribution < -0.4 is 0 Å². The lowest BCUT2D eigenvalue weighted by Gasteiger charge is -2.31. The van der Waals surface area contributed by atoms with Gasteiger partial charge in [0.05, 0.1) is 6.10 Å². The second-order valence-corrected chi connectivity index (χ2v) is 4.07. The molecule has 3 atom stereocenters. The van der Waals surface area contributed by atoms with E-state index in [1.807, 2.05) is 13.8 Å². The van der Waals surface area contributed by atoms with E-state index in [-0.39, 0.29) is 6.10 Å². The molecule has 1 heteroatoms. The average molecular weight is 198 g/mol. The van der Waals surface area contributed by atoms with Crippen LogP contribution in [0.4, 0.5) is 0 Å². The van der Waals surface area contributed by atoms with E-state index in [0.29, 0.717) is 11.8 Å². The molecule has 14 heavy (non-hydrogen) atoms. The Labute approximate surface area is 89.2 Å². The second-order valence-electron chi connectivity index (χ2n) is 4.07. The van der Waals surface area contributed by atoms with Crippen molar-refractivity contribution in [1.29, 1.82) is 0 Å². The molecule has 0 bridgehead atoms. The molecule has 0 saturated heterocycles. The number of rotatable bonds is 2. The fourth-order valence-corrected chi connectivity index (χ4v) is 1.96. The van der Waals surface area contributed by atoms with Crippen molar-refractivity contribution in [1.82, 2.24) is 0 Å². The molecule has 1 aliphatic rings. The standard InChI is InChI=1S/C11H20O.C2H6/c1-4-8(2)10-6-5-9(3)11(12)7-10;1-2/h9-12H,2,4-7H2,1,3H3;1-2H3. The van der Waals surface area contributed by atoms with E-state index in [2.05, 4.69) is 20.4 Å². The molecule has 84 valence electrons. The van der Waals surface area contributed by atoms with E-state index in [4.69, 9.17) is 0 Å². The van der Waals surface area contributed by atoms with Gasteiger partial charge in [0.2, 0.25) is 0 Å². The first-order chi connectivity index (χ1) is 6.65. The first-order valence-corrected chi connectivity index (χ1v) is 6.00. The molecule has 1 fully saturated rings. The Morgan fingerprint density at radius 2 is 1.93 bits per heavy atom. The van der Waals surface area contributed by atoms with Crippen molar-refractivity contribution in [2.24, 2.45) is 11.8 Å². The maximum absolute atomic E-state index is 9.65. The van der Waals surface area contributed by atoms with E-state index in [9.17, 15) is 5.11 Å². The molecule has 0 amide bonds. The largest absolute Gasteiger partial charge is 0.393 e. The van der Waals surface area contributed by atoms with E-state index in [0.717, 1.165) is 19.3 Å². The number of hydrogen-bond acceptors (Lipinski definition) is 1. The van der Waals surface area contributed by atoms with Gasteiger partial charge in [-0.05, 0) is 37.5 Å². The van der Waals surface area contributed by atoms with Gasteiger partial charge < -0.3 is 5.11 Å². The van der Waals surface area contributed by atoms with Crippen molar-refractivity contribution < 1.29 is 5.11 Å². The molecule has 3 unspecified atom stereocenters. The average Bonchev–Trinajstić information content (AvgIpc) is 2.24. The minimum Gasteiger partial charge on any atom is -0.393 e. The molecule has 1 nitrogen and oxygen atoms in total. The molecule has 0 aromatic rings. The quantitative estimate of drug-likeness (QED) is 0.670. The second kappa shape index (κ2) is 7.05. The van der Waals surface area contributed by atoms with Crippen molar-refractivity contribution in [3.63, 3.8) is 0 Å². The summed E-state index contributed by atoms with van der Waals surface area (Å²) in [4.78, 5) is 0.